The molecule has 1 heterocycles. The van der Waals surface area contributed by atoms with Crippen LogP contribution in [0.2, 0.25) is 0 Å². The Hall–Kier alpha value is -0.0800. The first kappa shape index (κ1) is 10.4. The number of rotatable bonds is 3. The molecule has 0 aromatic rings. The maximum Gasteiger partial charge on any atom is 0.0229 e. The number of nitrogens with one attached hydrogen (secondary N) is 1. The molecule has 0 amide bonds. The first-order valence-electron chi connectivity index (χ1n) is 6.11. The molecule has 1 aliphatic heterocycles. The summed E-state index contributed by atoms with van der Waals surface area (Å²) in [6.45, 7) is 6.19. The van der Waals surface area contributed by atoms with E-state index in [0.717, 1.165) is 6.04 Å². The minimum Gasteiger partial charge on any atom is -0.315 e. The Morgan fingerprint density at radius 1 is 1.36 bits per heavy atom. The van der Waals surface area contributed by atoms with Crippen LogP contribution in [0.25, 0.3) is 0 Å². The number of likely N-dealkylation sites (N-methyl/N-ethyl adjacent to an activating group) is 1. The van der Waals surface area contributed by atoms with Crippen molar-refractivity contribution in [1.82, 2.24) is 10.2 Å². The zero-order valence-electron chi connectivity index (χ0n) is 9.68. The summed E-state index contributed by atoms with van der Waals surface area (Å²) >= 11 is 0. The van der Waals surface area contributed by atoms with E-state index in [2.05, 4.69) is 24.2 Å². The van der Waals surface area contributed by atoms with Gasteiger partial charge in [0.15, 0.2) is 0 Å². The molecule has 2 heteroatoms. The van der Waals surface area contributed by atoms with E-state index < -0.39 is 0 Å². The van der Waals surface area contributed by atoms with Gasteiger partial charge in [0.1, 0.15) is 0 Å². The minimum absolute atomic E-state index is 0.622. The van der Waals surface area contributed by atoms with E-state index in [9.17, 15) is 0 Å². The SMILES string of the molecule is CN(CC1(C)CCCC1)C1CCNC1. The van der Waals surface area contributed by atoms with Crippen molar-refractivity contribution >= 4 is 0 Å². The molecule has 2 aliphatic rings. The zero-order chi connectivity index (χ0) is 10.0. The largest absolute Gasteiger partial charge is 0.315 e. The van der Waals surface area contributed by atoms with Gasteiger partial charge < -0.3 is 10.2 Å². The van der Waals surface area contributed by atoms with Crippen LogP contribution in [0.4, 0.5) is 0 Å². The third kappa shape index (κ3) is 2.29. The van der Waals surface area contributed by atoms with E-state index in [1.165, 1.54) is 51.7 Å². The molecule has 2 rings (SSSR count). The van der Waals surface area contributed by atoms with Crippen molar-refractivity contribution in [3.05, 3.63) is 0 Å². The molecule has 1 saturated heterocycles. The summed E-state index contributed by atoms with van der Waals surface area (Å²) in [5.41, 5.74) is 0.622. The van der Waals surface area contributed by atoms with Crippen LogP contribution in [0.3, 0.4) is 0 Å². The first-order chi connectivity index (χ1) is 6.70. The van der Waals surface area contributed by atoms with Gasteiger partial charge in [-0.2, -0.15) is 0 Å². The smallest absolute Gasteiger partial charge is 0.0229 e. The average Bonchev–Trinajstić information content (AvgIpc) is 2.74. The van der Waals surface area contributed by atoms with Crippen LogP contribution in [0, 0.1) is 5.41 Å². The van der Waals surface area contributed by atoms with E-state index in [4.69, 9.17) is 0 Å². The summed E-state index contributed by atoms with van der Waals surface area (Å²) in [6.07, 6.45) is 7.13. The lowest BCUT2D eigenvalue weighted by Gasteiger charge is -2.33. The Balaban J connectivity index is 1.83. The van der Waals surface area contributed by atoms with Gasteiger partial charge in [-0.25, -0.2) is 0 Å². The lowest BCUT2D eigenvalue weighted by molar-refractivity contribution is 0.158. The number of hydrogen-bond acceptors (Lipinski definition) is 2. The third-order valence-electron chi connectivity index (χ3n) is 4.10. The van der Waals surface area contributed by atoms with E-state index in [-0.39, 0.29) is 0 Å². The summed E-state index contributed by atoms with van der Waals surface area (Å²) < 4.78 is 0. The van der Waals surface area contributed by atoms with E-state index >= 15 is 0 Å². The van der Waals surface area contributed by atoms with Gasteiger partial charge in [0.2, 0.25) is 0 Å². The predicted octanol–water partition coefficient (Wildman–Crippen LogP) is 1.86. The molecule has 2 fully saturated rings. The van der Waals surface area contributed by atoms with Gasteiger partial charge in [0.25, 0.3) is 0 Å². The van der Waals surface area contributed by atoms with Crippen molar-refractivity contribution in [1.29, 1.82) is 0 Å². The van der Waals surface area contributed by atoms with Crippen molar-refractivity contribution in [2.75, 3.05) is 26.7 Å². The van der Waals surface area contributed by atoms with Crippen LogP contribution in [-0.2, 0) is 0 Å². The second-order valence-electron chi connectivity index (χ2n) is 5.58. The molecule has 0 bridgehead atoms. The molecule has 1 aliphatic carbocycles. The second kappa shape index (κ2) is 4.19. The van der Waals surface area contributed by atoms with Gasteiger partial charge in [-0.05, 0) is 38.3 Å². The van der Waals surface area contributed by atoms with Gasteiger partial charge in [0.05, 0.1) is 0 Å². The maximum atomic E-state index is 3.45. The molecule has 0 spiro atoms. The topological polar surface area (TPSA) is 15.3 Å². The van der Waals surface area contributed by atoms with Gasteiger partial charge in [-0.3, -0.25) is 0 Å². The monoisotopic (exact) mass is 196 g/mol. The quantitative estimate of drug-likeness (QED) is 0.741. The van der Waals surface area contributed by atoms with Crippen molar-refractivity contribution in [2.24, 2.45) is 5.41 Å². The second-order valence-corrected chi connectivity index (χ2v) is 5.58. The third-order valence-corrected chi connectivity index (χ3v) is 4.10. The molecule has 14 heavy (non-hydrogen) atoms. The van der Waals surface area contributed by atoms with Crippen molar-refractivity contribution in [3.63, 3.8) is 0 Å². The fourth-order valence-electron chi connectivity index (χ4n) is 3.13. The van der Waals surface area contributed by atoms with Crippen LogP contribution in [0.5, 0.6) is 0 Å². The van der Waals surface area contributed by atoms with E-state index in [1.807, 2.05) is 0 Å². The Bertz CT molecular complexity index is 179. The fraction of sp³-hybridized carbons (Fsp3) is 1.00. The highest BCUT2D eigenvalue weighted by atomic mass is 15.2. The van der Waals surface area contributed by atoms with Crippen LogP contribution in [0.15, 0.2) is 0 Å². The van der Waals surface area contributed by atoms with Crippen LogP contribution < -0.4 is 5.32 Å². The fourth-order valence-corrected chi connectivity index (χ4v) is 3.13. The molecule has 0 aromatic heterocycles. The number of nitrogens with zero attached hydrogens (tertiary/aromatic N) is 1. The molecule has 1 saturated carbocycles. The highest BCUT2D eigenvalue weighted by Gasteiger charge is 2.32. The predicted molar refractivity (Wildman–Crippen MR) is 60.5 cm³/mol. The highest BCUT2D eigenvalue weighted by Crippen LogP contribution is 2.38. The summed E-state index contributed by atoms with van der Waals surface area (Å²) in [6, 6.07) is 0.799. The van der Waals surface area contributed by atoms with Gasteiger partial charge in [-0.15, -0.1) is 0 Å². The first-order valence-corrected chi connectivity index (χ1v) is 6.11. The molecule has 1 N–H and O–H groups in total. The van der Waals surface area contributed by atoms with Crippen molar-refractivity contribution in [3.8, 4) is 0 Å². The van der Waals surface area contributed by atoms with E-state index in [0.29, 0.717) is 5.41 Å². The van der Waals surface area contributed by atoms with Crippen molar-refractivity contribution < 1.29 is 0 Å². The molecule has 82 valence electrons. The Kier molecular flexibility index (Phi) is 3.13. The zero-order valence-corrected chi connectivity index (χ0v) is 9.68. The van der Waals surface area contributed by atoms with Crippen molar-refractivity contribution in [2.45, 2.75) is 45.1 Å². The normalized spacial score (nSPS) is 31.5. The molecule has 2 nitrogen and oxygen atoms in total. The lowest BCUT2D eigenvalue weighted by Crippen LogP contribution is -2.40. The maximum absolute atomic E-state index is 3.45. The molecule has 1 atom stereocenters. The van der Waals surface area contributed by atoms with Gasteiger partial charge >= 0.3 is 0 Å². The molecule has 1 unspecified atom stereocenters. The number of hydrogen-bond donors (Lipinski definition) is 1. The standard InChI is InChI=1S/C12H24N2/c1-12(6-3-4-7-12)10-14(2)11-5-8-13-9-11/h11,13H,3-10H2,1-2H3. The van der Waals surface area contributed by atoms with Gasteiger partial charge in [0, 0.05) is 19.1 Å². The van der Waals surface area contributed by atoms with Crippen LogP contribution in [0.1, 0.15) is 39.0 Å². The molecular weight excluding hydrogens is 172 g/mol. The molecular formula is C12H24N2. The van der Waals surface area contributed by atoms with Crippen LogP contribution >= 0.6 is 0 Å². The Labute approximate surface area is 88.1 Å². The minimum atomic E-state index is 0.622. The van der Waals surface area contributed by atoms with Gasteiger partial charge in [-0.1, -0.05) is 19.8 Å². The Morgan fingerprint density at radius 2 is 2.07 bits per heavy atom. The highest BCUT2D eigenvalue weighted by molar-refractivity contribution is 4.87. The van der Waals surface area contributed by atoms with Crippen LogP contribution in [-0.4, -0.2) is 37.6 Å². The molecule has 0 aromatic carbocycles. The molecule has 0 radical (unpaired) electrons. The average molecular weight is 196 g/mol. The lowest BCUT2D eigenvalue weighted by atomic mass is 9.88. The summed E-state index contributed by atoms with van der Waals surface area (Å²) in [5.74, 6) is 0. The van der Waals surface area contributed by atoms with E-state index in [1.54, 1.807) is 0 Å². The summed E-state index contributed by atoms with van der Waals surface area (Å²) in [7, 11) is 2.31. The summed E-state index contributed by atoms with van der Waals surface area (Å²) in [4.78, 5) is 2.59. The Morgan fingerprint density at radius 3 is 2.64 bits per heavy atom. The summed E-state index contributed by atoms with van der Waals surface area (Å²) in [5, 5.41) is 3.45.